The highest BCUT2D eigenvalue weighted by Crippen LogP contribution is 2.28. The Morgan fingerprint density at radius 2 is 2.11 bits per heavy atom. The van der Waals surface area contributed by atoms with E-state index in [-0.39, 0.29) is 11.7 Å². The molecular weight excluding hydrogens is 477 g/mol. The lowest BCUT2D eigenvalue weighted by atomic mass is 9.96. The van der Waals surface area contributed by atoms with Crippen molar-refractivity contribution in [1.29, 1.82) is 0 Å². The summed E-state index contributed by atoms with van der Waals surface area (Å²) in [5.41, 5.74) is 1.29. The number of likely N-dealkylation sites (tertiary alicyclic amines) is 1. The molecule has 0 radical (unpaired) electrons. The van der Waals surface area contributed by atoms with Gasteiger partial charge in [0.05, 0.1) is 15.7 Å². The van der Waals surface area contributed by atoms with Crippen molar-refractivity contribution >= 4 is 28.6 Å². The molecule has 4 heterocycles. The van der Waals surface area contributed by atoms with Crippen LogP contribution in [0.1, 0.15) is 51.3 Å². The number of nitrogens with zero attached hydrogens (tertiary/aromatic N) is 6. The second-order valence-corrected chi connectivity index (χ2v) is 10.4. The first-order chi connectivity index (χ1) is 17.5. The fourth-order valence-electron chi connectivity index (χ4n) is 4.20. The Balaban J connectivity index is 1.57. The third-order valence-corrected chi connectivity index (χ3v) is 7.67. The Morgan fingerprint density at radius 1 is 1.31 bits per heavy atom. The van der Waals surface area contributed by atoms with Crippen LogP contribution in [0.25, 0.3) is 5.65 Å². The van der Waals surface area contributed by atoms with Gasteiger partial charge in [-0.1, -0.05) is 19.6 Å². The van der Waals surface area contributed by atoms with Gasteiger partial charge in [-0.2, -0.15) is 4.99 Å². The van der Waals surface area contributed by atoms with E-state index in [0.717, 1.165) is 37.4 Å². The summed E-state index contributed by atoms with van der Waals surface area (Å²) in [4.78, 5) is 12.1. The molecule has 0 saturated carbocycles. The molecule has 0 aliphatic carbocycles. The predicted octanol–water partition coefficient (Wildman–Crippen LogP) is 4.60. The predicted molar refractivity (Wildman–Crippen MR) is 144 cm³/mol. The summed E-state index contributed by atoms with van der Waals surface area (Å²) in [6.07, 6.45) is 11.1. The van der Waals surface area contributed by atoms with Crippen molar-refractivity contribution in [2.75, 3.05) is 18.8 Å². The highest BCUT2D eigenvalue weighted by Gasteiger charge is 2.26. The number of rotatable bonds is 6. The lowest BCUT2D eigenvalue weighted by Gasteiger charge is -2.32. The van der Waals surface area contributed by atoms with Crippen LogP contribution in [0.15, 0.2) is 81.4 Å². The van der Waals surface area contributed by atoms with E-state index in [2.05, 4.69) is 36.4 Å². The zero-order valence-corrected chi connectivity index (χ0v) is 21.5. The van der Waals surface area contributed by atoms with Gasteiger partial charge in [0, 0.05) is 42.9 Å². The quantitative estimate of drug-likeness (QED) is 0.575. The maximum Gasteiger partial charge on any atom is 0.226 e. The largest absolute Gasteiger partial charge is 0.341 e. The molecule has 4 rings (SSSR count). The number of fused-ring (bicyclic) bond motifs is 1. The van der Waals surface area contributed by atoms with Gasteiger partial charge in [-0.15, -0.1) is 10.2 Å². The second-order valence-electron chi connectivity index (χ2n) is 8.64. The molecule has 1 N–H and O–H groups in total. The number of aromatic nitrogens is 3. The summed E-state index contributed by atoms with van der Waals surface area (Å²) in [7, 11) is -1.24. The first-order valence-corrected chi connectivity index (χ1v) is 13.5. The van der Waals surface area contributed by atoms with Crippen LogP contribution in [0.3, 0.4) is 0 Å². The van der Waals surface area contributed by atoms with Crippen molar-refractivity contribution < 1.29 is 8.60 Å². The van der Waals surface area contributed by atoms with Crippen molar-refractivity contribution in [1.82, 2.24) is 24.8 Å². The summed E-state index contributed by atoms with van der Waals surface area (Å²) >= 11 is 0. The van der Waals surface area contributed by atoms with Crippen molar-refractivity contribution in [2.24, 2.45) is 9.98 Å². The summed E-state index contributed by atoms with van der Waals surface area (Å²) in [6.45, 7) is 8.93. The second kappa shape index (κ2) is 12.0. The average Bonchev–Trinajstić information content (AvgIpc) is 3.34. The normalized spacial score (nSPS) is 25.0. The molecule has 0 bridgehead atoms. The maximum atomic E-state index is 14.1. The SMILES string of the molecule is C=C/C(=C\C(F)=C/CC)NC1=C(/C)S(=O)CC/C=N/C(N2CCC(c3nnc4ccccn34)CC2)=N\1. The molecule has 1 fully saturated rings. The van der Waals surface area contributed by atoms with E-state index < -0.39 is 10.8 Å². The summed E-state index contributed by atoms with van der Waals surface area (Å²) in [5, 5.41) is 11.9. The van der Waals surface area contributed by atoms with Crippen LogP contribution in [-0.2, 0) is 10.8 Å². The molecule has 2 aliphatic rings. The molecule has 2 aliphatic heterocycles. The van der Waals surface area contributed by atoms with Crippen molar-refractivity contribution in [3.05, 3.63) is 77.3 Å². The van der Waals surface area contributed by atoms with Crippen LogP contribution in [-0.4, -0.2) is 54.7 Å². The van der Waals surface area contributed by atoms with E-state index in [0.29, 0.717) is 41.0 Å². The highest BCUT2D eigenvalue weighted by molar-refractivity contribution is 7.89. The fourth-order valence-corrected chi connectivity index (χ4v) is 5.14. The topological polar surface area (TPSA) is 87.2 Å². The number of guanidine groups is 1. The zero-order valence-electron chi connectivity index (χ0n) is 20.7. The minimum absolute atomic E-state index is 0.283. The Kier molecular flexibility index (Phi) is 8.58. The Labute approximate surface area is 213 Å². The number of hydrogen-bond acceptors (Lipinski definition) is 7. The minimum atomic E-state index is -1.24. The molecule has 2 aromatic heterocycles. The smallest absolute Gasteiger partial charge is 0.226 e. The number of pyridine rings is 1. The molecule has 8 nitrogen and oxygen atoms in total. The van der Waals surface area contributed by atoms with E-state index in [4.69, 9.17) is 4.99 Å². The maximum absolute atomic E-state index is 14.1. The first-order valence-electron chi connectivity index (χ1n) is 12.2. The lowest BCUT2D eigenvalue weighted by Crippen LogP contribution is -2.38. The number of piperidine rings is 1. The van der Waals surface area contributed by atoms with E-state index in [1.165, 1.54) is 18.2 Å². The molecule has 36 heavy (non-hydrogen) atoms. The van der Waals surface area contributed by atoms with Gasteiger partial charge in [-0.05, 0) is 63.0 Å². The summed E-state index contributed by atoms with van der Waals surface area (Å²) in [5.74, 6) is 2.29. The van der Waals surface area contributed by atoms with Crippen LogP contribution < -0.4 is 5.32 Å². The molecular formula is C26H32FN7OS. The van der Waals surface area contributed by atoms with E-state index >= 15 is 0 Å². The standard InChI is InChI=1S/C26H32FN7OS/c1-4-9-21(27)18-22(5-2)29-24-19(3)36(35)17-8-13-28-26(30-24)33-15-11-20(12-16-33)25-32-31-23-10-6-7-14-34(23)25/h5-7,9-10,13-14,18,20,29H,2,4,8,11-12,15-17H2,1,3H3/b21-9+,22-18+,24-19+,28-13+,30-26+. The van der Waals surface area contributed by atoms with Gasteiger partial charge in [0.25, 0.3) is 0 Å². The highest BCUT2D eigenvalue weighted by atomic mass is 32.2. The monoisotopic (exact) mass is 509 g/mol. The zero-order chi connectivity index (χ0) is 25.5. The van der Waals surface area contributed by atoms with Crippen molar-refractivity contribution in [2.45, 2.75) is 45.4 Å². The number of halogens is 1. The fraction of sp³-hybridized carbons (Fsp3) is 0.385. The molecule has 190 valence electrons. The van der Waals surface area contributed by atoms with Crippen LogP contribution >= 0.6 is 0 Å². The summed E-state index contributed by atoms with van der Waals surface area (Å²) < 4.78 is 29.0. The van der Waals surface area contributed by atoms with Gasteiger partial charge in [0.2, 0.25) is 5.96 Å². The van der Waals surface area contributed by atoms with Crippen molar-refractivity contribution in [3.8, 4) is 0 Å². The molecule has 0 amide bonds. The van der Waals surface area contributed by atoms with Gasteiger partial charge < -0.3 is 10.2 Å². The average molecular weight is 510 g/mol. The Bertz CT molecular complexity index is 1280. The Hall–Kier alpha value is -3.40. The minimum Gasteiger partial charge on any atom is -0.341 e. The van der Waals surface area contributed by atoms with Gasteiger partial charge in [0.1, 0.15) is 17.5 Å². The van der Waals surface area contributed by atoms with E-state index in [1.54, 1.807) is 13.1 Å². The molecule has 1 unspecified atom stereocenters. The summed E-state index contributed by atoms with van der Waals surface area (Å²) in [6, 6.07) is 5.90. The van der Waals surface area contributed by atoms with Crippen LogP contribution in [0, 0.1) is 0 Å². The van der Waals surface area contributed by atoms with E-state index in [1.807, 2.05) is 31.3 Å². The van der Waals surface area contributed by atoms with Crippen molar-refractivity contribution in [3.63, 3.8) is 0 Å². The number of aliphatic imine (C=N–C) groups is 2. The van der Waals surface area contributed by atoms with Gasteiger partial charge in [0.15, 0.2) is 5.65 Å². The van der Waals surface area contributed by atoms with Crippen LogP contribution in [0.5, 0.6) is 0 Å². The molecule has 0 aromatic carbocycles. The molecule has 2 aromatic rings. The number of allylic oxidation sites excluding steroid dienone is 5. The van der Waals surface area contributed by atoms with Gasteiger partial charge in [-0.25, -0.2) is 9.38 Å². The van der Waals surface area contributed by atoms with E-state index in [9.17, 15) is 8.60 Å². The first kappa shape index (κ1) is 25.7. The lowest BCUT2D eigenvalue weighted by molar-refractivity contribution is 0.303. The van der Waals surface area contributed by atoms with Crippen LogP contribution in [0.4, 0.5) is 4.39 Å². The molecule has 0 spiro atoms. The number of hydrogen-bond donors (Lipinski definition) is 1. The third-order valence-electron chi connectivity index (χ3n) is 6.18. The molecule has 10 heteroatoms. The van der Waals surface area contributed by atoms with Crippen LogP contribution in [0.2, 0.25) is 0 Å². The van der Waals surface area contributed by atoms with Gasteiger partial charge >= 0.3 is 0 Å². The molecule has 1 saturated heterocycles. The van der Waals surface area contributed by atoms with Gasteiger partial charge in [-0.3, -0.25) is 8.61 Å². The third kappa shape index (κ3) is 6.04. The molecule has 1 atom stereocenters. The Morgan fingerprint density at radius 3 is 2.86 bits per heavy atom. The number of nitrogens with one attached hydrogen (secondary N) is 1.